The highest BCUT2D eigenvalue weighted by molar-refractivity contribution is 6.66. The van der Waals surface area contributed by atoms with E-state index in [0.29, 0.717) is 10.9 Å². The molecular weight excluding hydrogens is 126 g/mol. The van der Waals surface area contributed by atoms with Crippen molar-refractivity contribution in [2.24, 2.45) is 0 Å². The van der Waals surface area contributed by atoms with Gasteiger partial charge in [-0.05, 0) is 0 Å². The van der Waals surface area contributed by atoms with Crippen LogP contribution in [0, 0.1) is 0 Å². The molecule has 40 valence electrons. The Morgan fingerprint density at radius 3 is 1.36 bits per heavy atom. The van der Waals surface area contributed by atoms with E-state index in [4.69, 9.17) is 39.2 Å². The van der Waals surface area contributed by atoms with Crippen molar-refractivity contribution < 1.29 is 0 Å². The van der Waals surface area contributed by atoms with Gasteiger partial charge in [-0.1, -0.05) is 6.07 Å². The molecular formula is C6HB5. The molecule has 0 nitrogen and oxygen atoms in total. The Kier molecular flexibility index (Phi) is 2.27. The second-order valence-corrected chi connectivity index (χ2v) is 2.30. The fraction of sp³-hybridized carbons (Fsp3) is 0. The Labute approximate surface area is 73.2 Å². The molecule has 0 aliphatic heterocycles. The Bertz CT molecular complexity index is 267. The van der Waals surface area contributed by atoms with E-state index < -0.39 is 0 Å². The largest absolute Gasteiger partial charge is 0.112 e. The highest BCUT2D eigenvalue weighted by Gasteiger charge is 2.00. The third-order valence-corrected chi connectivity index (χ3v) is 1.51. The van der Waals surface area contributed by atoms with Gasteiger partial charge in [0.1, 0.15) is 39.2 Å². The number of hydrogen-bond acceptors (Lipinski definition) is 0. The molecule has 0 bridgehead atoms. The second-order valence-electron chi connectivity index (χ2n) is 2.30. The first-order chi connectivity index (χ1) is 5.04. The van der Waals surface area contributed by atoms with E-state index in [0.717, 1.165) is 0 Å². The summed E-state index contributed by atoms with van der Waals surface area (Å²) < 4.78 is 0. The third kappa shape index (κ3) is 1.42. The molecule has 10 radical (unpaired) electrons. The molecule has 0 aliphatic rings. The minimum absolute atomic E-state index is 0.252. The molecule has 1 rings (SSSR count). The van der Waals surface area contributed by atoms with Gasteiger partial charge in [0, 0.05) is 0 Å². The molecule has 0 N–H and O–H groups in total. The van der Waals surface area contributed by atoms with Crippen molar-refractivity contribution in [3.05, 3.63) is 6.07 Å². The zero-order chi connectivity index (χ0) is 8.59. The van der Waals surface area contributed by atoms with Crippen molar-refractivity contribution in [3.8, 4) is 0 Å². The van der Waals surface area contributed by atoms with Gasteiger partial charge < -0.3 is 0 Å². The lowest BCUT2D eigenvalue weighted by Gasteiger charge is -2.13. The van der Waals surface area contributed by atoms with Gasteiger partial charge in [-0.3, -0.25) is 0 Å². The minimum atomic E-state index is 0.252. The van der Waals surface area contributed by atoms with Crippen LogP contribution in [0.3, 0.4) is 0 Å². The topological polar surface area (TPSA) is 0 Å². The Morgan fingerprint density at radius 1 is 0.636 bits per heavy atom. The standard InChI is InChI=1S/C6HB5/c7-2-1-3(8)5(10)6(11)4(2)9/h1H. The first-order valence-electron chi connectivity index (χ1n) is 3.02. The van der Waals surface area contributed by atoms with Gasteiger partial charge in [0.2, 0.25) is 0 Å². The van der Waals surface area contributed by atoms with E-state index in [2.05, 4.69) is 0 Å². The highest BCUT2D eigenvalue weighted by atomic mass is 13.9. The van der Waals surface area contributed by atoms with Gasteiger partial charge in [-0.2, -0.15) is 0 Å². The van der Waals surface area contributed by atoms with Crippen molar-refractivity contribution in [3.63, 3.8) is 0 Å². The van der Waals surface area contributed by atoms with Crippen molar-refractivity contribution >= 4 is 66.5 Å². The first kappa shape index (κ1) is 8.64. The molecule has 0 amide bonds. The fourth-order valence-electron chi connectivity index (χ4n) is 0.779. The molecule has 0 saturated carbocycles. The monoisotopic (exact) mass is 128 g/mol. The maximum Gasteiger partial charge on any atom is 0.112 e. The van der Waals surface area contributed by atoms with E-state index in [9.17, 15) is 0 Å². The molecule has 0 heterocycles. The lowest BCUT2D eigenvalue weighted by atomic mass is 9.63. The second kappa shape index (κ2) is 2.88. The summed E-state index contributed by atoms with van der Waals surface area (Å²) in [6.45, 7) is 0. The zero-order valence-electron chi connectivity index (χ0n) is 5.96. The smallest absolute Gasteiger partial charge is 0.112 e. The Morgan fingerprint density at radius 2 is 1.00 bits per heavy atom. The Balaban J connectivity index is 3.46. The van der Waals surface area contributed by atoms with E-state index in [1.165, 1.54) is 6.07 Å². The normalized spacial score (nSPS) is 9.82. The van der Waals surface area contributed by atoms with Crippen LogP contribution in [-0.4, -0.2) is 39.2 Å². The lowest BCUT2D eigenvalue weighted by Crippen LogP contribution is -2.53. The molecule has 0 aliphatic carbocycles. The molecule has 11 heavy (non-hydrogen) atoms. The van der Waals surface area contributed by atoms with Crippen LogP contribution in [0.25, 0.3) is 0 Å². The average molecular weight is 127 g/mol. The van der Waals surface area contributed by atoms with Crippen molar-refractivity contribution in [1.82, 2.24) is 0 Å². The fourth-order valence-corrected chi connectivity index (χ4v) is 0.779. The summed E-state index contributed by atoms with van der Waals surface area (Å²) in [7, 11) is 27.3. The first-order valence-corrected chi connectivity index (χ1v) is 3.02. The summed E-state index contributed by atoms with van der Waals surface area (Å²) >= 11 is 0. The van der Waals surface area contributed by atoms with Crippen LogP contribution in [0.15, 0.2) is 6.07 Å². The van der Waals surface area contributed by atoms with Gasteiger partial charge in [0.15, 0.2) is 0 Å². The van der Waals surface area contributed by atoms with Crippen molar-refractivity contribution in [2.45, 2.75) is 0 Å². The average Bonchev–Trinajstić information content (AvgIpc) is 1.97. The molecule has 0 fully saturated rings. The third-order valence-electron chi connectivity index (χ3n) is 1.51. The lowest BCUT2D eigenvalue weighted by molar-refractivity contribution is 2.05. The predicted molar refractivity (Wildman–Crippen MR) is 53.4 cm³/mol. The summed E-state index contributed by atoms with van der Waals surface area (Å²) in [5.74, 6) is 0. The van der Waals surface area contributed by atoms with Gasteiger partial charge in [0.25, 0.3) is 0 Å². The van der Waals surface area contributed by atoms with Gasteiger partial charge in [0.05, 0.1) is 0 Å². The van der Waals surface area contributed by atoms with Crippen LogP contribution in [0.2, 0.25) is 0 Å². The van der Waals surface area contributed by atoms with Crippen LogP contribution >= 0.6 is 0 Å². The van der Waals surface area contributed by atoms with Crippen LogP contribution in [0.1, 0.15) is 0 Å². The molecule has 0 saturated heterocycles. The maximum absolute atomic E-state index is 5.47. The van der Waals surface area contributed by atoms with Crippen LogP contribution < -0.4 is 27.3 Å². The summed E-state index contributed by atoms with van der Waals surface area (Å²) in [5.41, 5.74) is 1.54. The predicted octanol–water partition coefficient (Wildman–Crippen LogP) is -4.34. The van der Waals surface area contributed by atoms with Crippen LogP contribution in [0.5, 0.6) is 0 Å². The molecule has 0 unspecified atom stereocenters. The maximum atomic E-state index is 5.47. The van der Waals surface area contributed by atoms with E-state index in [1.807, 2.05) is 0 Å². The van der Waals surface area contributed by atoms with Gasteiger partial charge >= 0.3 is 0 Å². The zero-order valence-corrected chi connectivity index (χ0v) is 5.96. The molecule has 1 aromatic carbocycles. The molecule has 0 atom stereocenters. The van der Waals surface area contributed by atoms with Gasteiger partial charge in [-0.15, -0.1) is 27.3 Å². The quantitative estimate of drug-likeness (QED) is 0.309. The van der Waals surface area contributed by atoms with E-state index in [1.54, 1.807) is 0 Å². The van der Waals surface area contributed by atoms with Crippen LogP contribution in [-0.2, 0) is 0 Å². The number of hydrogen-bond donors (Lipinski definition) is 0. The summed E-state index contributed by atoms with van der Waals surface area (Å²) in [6.07, 6.45) is 0. The minimum Gasteiger partial charge on any atom is -0.112 e. The van der Waals surface area contributed by atoms with Crippen molar-refractivity contribution in [2.75, 3.05) is 0 Å². The molecule has 5 heteroatoms. The Hall–Kier alpha value is -0.455. The summed E-state index contributed by atoms with van der Waals surface area (Å²) in [5, 5.41) is 0. The van der Waals surface area contributed by atoms with Crippen molar-refractivity contribution in [1.29, 1.82) is 0 Å². The summed E-state index contributed by atoms with van der Waals surface area (Å²) in [4.78, 5) is 0. The van der Waals surface area contributed by atoms with Crippen LogP contribution in [0.4, 0.5) is 0 Å². The van der Waals surface area contributed by atoms with Gasteiger partial charge in [-0.25, -0.2) is 0 Å². The SMILES string of the molecule is [B]c1cc([B])c([B])c([B])c1[B]. The summed E-state index contributed by atoms with van der Waals surface area (Å²) in [6, 6.07) is 1.49. The molecule has 0 aromatic heterocycles. The molecule has 0 spiro atoms. The number of rotatable bonds is 0. The highest BCUT2D eigenvalue weighted by Crippen LogP contribution is 1.63. The number of benzene rings is 1. The van der Waals surface area contributed by atoms with E-state index in [-0.39, 0.29) is 16.4 Å². The molecule has 1 aromatic rings. The van der Waals surface area contributed by atoms with E-state index >= 15 is 0 Å².